The van der Waals surface area contributed by atoms with E-state index < -0.39 is 0 Å². The molecule has 0 aliphatic heterocycles. The van der Waals surface area contributed by atoms with Crippen LogP contribution in [0.3, 0.4) is 0 Å². The van der Waals surface area contributed by atoms with E-state index in [0.29, 0.717) is 0 Å². The van der Waals surface area contributed by atoms with Crippen LogP contribution in [0.4, 0.5) is 0 Å². The number of nitrogens with one attached hydrogen (secondary N) is 1. The zero-order chi connectivity index (χ0) is 13.5. The van der Waals surface area contributed by atoms with E-state index >= 15 is 0 Å². The second-order valence-electron chi connectivity index (χ2n) is 4.31. The molecule has 2 aromatic carbocycles. The average molecular weight is 257 g/mol. The second kappa shape index (κ2) is 6.81. The van der Waals surface area contributed by atoms with E-state index in [9.17, 15) is 0 Å². The molecular formula is C16H19NO2. The van der Waals surface area contributed by atoms with Crippen LogP contribution in [0.2, 0.25) is 0 Å². The van der Waals surface area contributed by atoms with Gasteiger partial charge in [0.1, 0.15) is 11.5 Å². The molecule has 0 radical (unpaired) electrons. The average Bonchev–Trinajstić information content (AvgIpc) is 2.48. The van der Waals surface area contributed by atoms with Crippen molar-refractivity contribution in [3.63, 3.8) is 0 Å². The molecular weight excluding hydrogens is 238 g/mol. The zero-order valence-corrected chi connectivity index (χ0v) is 11.3. The van der Waals surface area contributed by atoms with Crippen LogP contribution < -0.4 is 14.8 Å². The quantitative estimate of drug-likeness (QED) is 0.863. The highest BCUT2D eigenvalue weighted by Gasteiger charge is 2.01. The number of hydrogen-bond acceptors (Lipinski definition) is 3. The first-order valence-corrected chi connectivity index (χ1v) is 6.28. The van der Waals surface area contributed by atoms with Gasteiger partial charge in [0.15, 0.2) is 0 Å². The topological polar surface area (TPSA) is 30.5 Å². The smallest absolute Gasteiger partial charge is 0.122 e. The minimum Gasteiger partial charge on any atom is -0.497 e. The van der Waals surface area contributed by atoms with E-state index in [-0.39, 0.29) is 0 Å². The summed E-state index contributed by atoms with van der Waals surface area (Å²) in [4.78, 5) is 0. The molecule has 0 aromatic heterocycles. The largest absolute Gasteiger partial charge is 0.497 e. The number of ether oxygens (including phenoxy) is 2. The predicted molar refractivity (Wildman–Crippen MR) is 76.5 cm³/mol. The van der Waals surface area contributed by atoms with Gasteiger partial charge < -0.3 is 14.8 Å². The lowest BCUT2D eigenvalue weighted by atomic mass is 10.2. The first kappa shape index (κ1) is 13.4. The van der Waals surface area contributed by atoms with Crippen LogP contribution in [0.5, 0.6) is 11.5 Å². The van der Waals surface area contributed by atoms with Crippen molar-refractivity contribution in [3.05, 3.63) is 59.7 Å². The summed E-state index contributed by atoms with van der Waals surface area (Å²) in [6, 6.07) is 16.2. The first-order chi connectivity index (χ1) is 9.31. The van der Waals surface area contributed by atoms with Crippen LogP contribution in [-0.2, 0) is 13.1 Å². The Kier molecular flexibility index (Phi) is 4.81. The molecule has 100 valence electrons. The molecule has 0 saturated carbocycles. The molecule has 0 spiro atoms. The molecule has 0 aliphatic carbocycles. The summed E-state index contributed by atoms with van der Waals surface area (Å²) in [5.74, 6) is 1.63. The van der Waals surface area contributed by atoms with Gasteiger partial charge in [0.2, 0.25) is 0 Å². The normalized spacial score (nSPS) is 10.2. The van der Waals surface area contributed by atoms with Crippen LogP contribution in [-0.4, -0.2) is 14.2 Å². The Labute approximate surface area is 114 Å². The summed E-state index contributed by atoms with van der Waals surface area (Å²) >= 11 is 0. The van der Waals surface area contributed by atoms with Gasteiger partial charge in [0.05, 0.1) is 14.2 Å². The third-order valence-corrected chi connectivity index (χ3v) is 2.91. The van der Waals surface area contributed by atoms with Crippen molar-refractivity contribution in [2.45, 2.75) is 13.1 Å². The maximum Gasteiger partial charge on any atom is 0.122 e. The highest BCUT2D eigenvalue weighted by Crippen LogP contribution is 2.22. The summed E-state index contributed by atoms with van der Waals surface area (Å²) in [5, 5.41) is 3.41. The highest BCUT2D eigenvalue weighted by atomic mass is 16.5. The molecule has 0 unspecified atom stereocenters. The number of benzene rings is 2. The third-order valence-electron chi connectivity index (χ3n) is 2.91. The summed E-state index contributed by atoms with van der Waals surface area (Å²) in [7, 11) is 3.33. The lowest BCUT2D eigenvalue weighted by Gasteiger charge is -2.09. The Morgan fingerprint density at radius 2 is 1.37 bits per heavy atom. The van der Waals surface area contributed by atoms with Gasteiger partial charge in [-0.1, -0.05) is 30.3 Å². The molecule has 3 heteroatoms. The van der Waals surface area contributed by atoms with Gasteiger partial charge in [-0.25, -0.2) is 0 Å². The third kappa shape index (κ3) is 4.00. The van der Waals surface area contributed by atoms with Crippen molar-refractivity contribution in [2.24, 2.45) is 0 Å². The molecule has 0 aliphatic rings. The van der Waals surface area contributed by atoms with Crippen molar-refractivity contribution in [1.82, 2.24) is 5.32 Å². The fourth-order valence-corrected chi connectivity index (χ4v) is 1.92. The second-order valence-corrected chi connectivity index (χ2v) is 4.31. The minimum atomic E-state index is 0.780. The van der Waals surface area contributed by atoms with E-state index in [1.54, 1.807) is 14.2 Å². The van der Waals surface area contributed by atoms with Crippen molar-refractivity contribution in [1.29, 1.82) is 0 Å². The molecule has 3 nitrogen and oxygen atoms in total. The molecule has 19 heavy (non-hydrogen) atoms. The molecule has 0 atom stereocenters. The summed E-state index contributed by atoms with van der Waals surface area (Å²) in [6.07, 6.45) is 0. The Balaban J connectivity index is 1.95. The Bertz CT molecular complexity index is 489. The number of hydrogen-bond donors (Lipinski definition) is 1. The van der Waals surface area contributed by atoms with Crippen LogP contribution in [0.15, 0.2) is 48.5 Å². The summed E-state index contributed by atoms with van der Waals surface area (Å²) in [6.45, 7) is 1.63. The van der Waals surface area contributed by atoms with Gasteiger partial charge in [0.25, 0.3) is 0 Å². The maximum absolute atomic E-state index is 5.25. The van der Waals surface area contributed by atoms with Crippen LogP contribution in [0, 0.1) is 0 Å². The van der Waals surface area contributed by atoms with Gasteiger partial charge >= 0.3 is 0 Å². The fourth-order valence-electron chi connectivity index (χ4n) is 1.92. The number of rotatable bonds is 6. The highest BCUT2D eigenvalue weighted by molar-refractivity contribution is 5.38. The zero-order valence-electron chi connectivity index (χ0n) is 11.3. The molecule has 0 amide bonds. The van der Waals surface area contributed by atoms with Crippen molar-refractivity contribution in [3.8, 4) is 11.5 Å². The number of methoxy groups -OCH3 is 2. The van der Waals surface area contributed by atoms with Crippen molar-refractivity contribution in [2.75, 3.05) is 14.2 Å². The molecule has 1 N–H and O–H groups in total. The lowest BCUT2D eigenvalue weighted by Crippen LogP contribution is -2.12. The monoisotopic (exact) mass is 257 g/mol. The Morgan fingerprint density at radius 1 is 0.789 bits per heavy atom. The Morgan fingerprint density at radius 3 is 1.95 bits per heavy atom. The SMILES string of the molecule is COc1cc(CNCc2ccccc2)cc(OC)c1. The van der Waals surface area contributed by atoms with E-state index in [1.165, 1.54) is 5.56 Å². The fraction of sp³-hybridized carbons (Fsp3) is 0.250. The van der Waals surface area contributed by atoms with Gasteiger partial charge in [-0.05, 0) is 23.3 Å². The minimum absolute atomic E-state index is 0.780. The summed E-state index contributed by atoms with van der Waals surface area (Å²) in [5.41, 5.74) is 2.42. The van der Waals surface area contributed by atoms with E-state index in [4.69, 9.17) is 9.47 Å². The predicted octanol–water partition coefficient (Wildman–Crippen LogP) is 2.99. The van der Waals surface area contributed by atoms with E-state index in [0.717, 1.165) is 30.2 Å². The van der Waals surface area contributed by atoms with E-state index in [2.05, 4.69) is 17.4 Å². The Hall–Kier alpha value is -2.00. The molecule has 0 fully saturated rings. The van der Waals surface area contributed by atoms with Gasteiger partial charge in [0, 0.05) is 19.2 Å². The van der Waals surface area contributed by atoms with Gasteiger partial charge in [-0.2, -0.15) is 0 Å². The van der Waals surface area contributed by atoms with Crippen LogP contribution in [0.25, 0.3) is 0 Å². The van der Waals surface area contributed by atoms with Gasteiger partial charge in [-0.3, -0.25) is 0 Å². The van der Waals surface area contributed by atoms with Crippen molar-refractivity contribution < 1.29 is 9.47 Å². The van der Waals surface area contributed by atoms with Crippen LogP contribution in [0.1, 0.15) is 11.1 Å². The van der Waals surface area contributed by atoms with E-state index in [1.807, 2.05) is 36.4 Å². The summed E-state index contributed by atoms with van der Waals surface area (Å²) < 4.78 is 10.5. The standard InChI is InChI=1S/C16H19NO2/c1-18-15-8-14(9-16(10-15)19-2)12-17-11-13-6-4-3-5-7-13/h3-10,17H,11-12H2,1-2H3. The van der Waals surface area contributed by atoms with Gasteiger partial charge in [-0.15, -0.1) is 0 Å². The molecule has 0 heterocycles. The first-order valence-electron chi connectivity index (χ1n) is 6.28. The molecule has 2 rings (SSSR count). The van der Waals surface area contributed by atoms with Crippen LogP contribution >= 0.6 is 0 Å². The maximum atomic E-state index is 5.25. The molecule has 2 aromatic rings. The molecule has 0 bridgehead atoms. The van der Waals surface area contributed by atoms with Crippen molar-refractivity contribution >= 4 is 0 Å². The molecule has 0 saturated heterocycles. The lowest BCUT2D eigenvalue weighted by molar-refractivity contribution is 0.393.